The Labute approximate surface area is 118 Å². The molecule has 0 bridgehead atoms. The van der Waals surface area contributed by atoms with Gasteiger partial charge in [-0.15, -0.1) is 0 Å². The molecule has 0 saturated heterocycles. The van der Waals surface area contributed by atoms with Gasteiger partial charge in [-0.2, -0.15) is 0 Å². The van der Waals surface area contributed by atoms with Gasteiger partial charge in [0.1, 0.15) is 0 Å². The van der Waals surface area contributed by atoms with Crippen LogP contribution in [-0.2, 0) is 4.79 Å². The van der Waals surface area contributed by atoms with Crippen molar-refractivity contribution in [1.29, 1.82) is 0 Å². The van der Waals surface area contributed by atoms with Crippen LogP contribution in [0.25, 0.3) is 0 Å². The van der Waals surface area contributed by atoms with Crippen molar-refractivity contribution in [3.63, 3.8) is 0 Å². The first-order valence-electron chi connectivity index (χ1n) is 8.14. The second-order valence-corrected chi connectivity index (χ2v) is 6.07. The van der Waals surface area contributed by atoms with E-state index in [2.05, 4.69) is 12.2 Å². The number of aliphatic hydroxyl groups excluding tert-OH is 1. The topological polar surface area (TPSA) is 49.3 Å². The van der Waals surface area contributed by atoms with E-state index < -0.39 is 0 Å². The van der Waals surface area contributed by atoms with E-state index in [0.29, 0.717) is 6.42 Å². The number of unbranched alkanes of at least 4 members (excludes halogenated alkanes) is 8. The van der Waals surface area contributed by atoms with Crippen molar-refractivity contribution in [2.24, 2.45) is 0 Å². The van der Waals surface area contributed by atoms with Crippen molar-refractivity contribution < 1.29 is 9.90 Å². The molecule has 112 valence electrons. The lowest BCUT2D eigenvalue weighted by atomic mass is 10.1. The number of carbonyl (C=O) groups is 1. The average molecular weight is 269 g/mol. The van der Waals surface area contributed by atoms with E-state index in [0.717, 1.165) is 25.7 Å². The SMILES string of the molecule is CCCCCCCCCCCC(=O)NC1(CO)CC1. The van der Waals surface area contributed by atoms with Gasteiger partial charge in [-0.05, 0) is 19.3 Å². The van der Waals surface area contributed by atoms with Crippen LogP contribution in [0.5, 0.6) is 0 Å². The van der Waals surface area contributed by atoms with Crippen molar-refractivity contribution in [3.05, 3.63) is 0 Å². The Morgan fingerprint density at radius 2 is 1.53 bits per heavy atom. The number of aliphatic hydroxyl groups is 1. The molecule has 0 heterocycles. The van der Waals surface area contributed by atoms with Crippen molar-refractivity contribution in [1.82, 2.24) is 5.32 Å². The summed E-state index contributed by atoms with van der Waals surface area (Å²) in [5.74, 6) is 0.120. The molecule has 1 amide bonds. The summed E-state index contributed by atoms with van der Waals surface area (Å²) in [7, 11) is 0. The number of nitrogens with one attached hydrogen (secondary N) is 1. The van der Waals surface area contributed by atoms with Gasteiger partial charge in [0, 0.05) is 6.42 Å². The summed E-state index contributed by atoms with van der Waals surface area (Å²) in [6.45, 7) is 2.34. The van der Waals surface area contributed by atoms with Crippen LogP contribution in [0.1, 0.15) is 84.0 Å². The lowest BCUT2D eigenvalue weighted by Gasteiger charge is -2.13. The van der Waals surface area contributed by atoms with E-state index in [1.807, 2.05) is 0 Å². The van der Waals surface area contributed by atoms with E-state index in [-0.39, 0.29) is 18.1 Å². The van der Waals surface area contributed by atoms with Gasteiger partial charge in [-0.3, -0.25) is 4.79 Å². The van der Waals surface area contributed by atoms with E-state index >= 15 is 0 Å². The predicted octanol–water partition coefficient (Wildman–Crippen LogP) is 3.55. The zero-order chi connectivity index (χ0) is 14.0. The summed E-state index contributed by atoms with van der Waals surface area (Å²) >= 11 is 0. The van der Waals surface area contributed by atoms with Crippen molar-refractivity contribution in [2.75, 3.05) is 6.61 Å². The van der Waals surface area contributed by atoms with Crippen molar-refractivity contribution >= 4 is 5.91 Å². The fourth-order valence-corrected chi connectivity index (χ4v) is 2.43. The molecule has 3 heteroatoms. The lowest BCUT2D eigenvalue weighted by molar-refractivity contribution is -0.122. The molecule has 0 spiro atoms. The van der Waals surface area contributed by atoms with Gasteiger partial charge in [0.15, 0.2) is 0 Å². The van der Waals surface area contributed by atoms with Crippen LogP contribution in [-0.4, -0.2) is 23.2 Å². The van der Waals surface area contributed by atoms with Crippen LogP contribution in [0.15, 0.2) is 0 Å². The van der Waals surface area contributed by atoms with E-state index in [1.54, 1.807) is 0 Å². The summed E-state index contributed by atoms with van der Waals surface area (Å²) in [6, 6.07) is 0. The highest BCUT2D eigenvalue weighted by molar-refractivity contribution is 5.77. The van der Waals surface area contributed by atoms with Crippen LogP contribution in [0.4, 0.5) is 0 Å². The molecule has 3 nitrogen and oxygen atoms in total. The molecule has 0 aliphatic heterocycles. The highest BCUT2D eigenvalue weighted by atomic mass is 16.3. The summed E-state index contributed by atoms with van der Waals surface area (Å²) in [5.41, 5.74) is -0.240. The Kier molecular flexibility index (Phi) is 8.11. The Morgan fingerprint density at radius 3 is 2.00 bits per heavy atom. The second-order valence-electron chi connectivity index (χ2n) is 6.07. The highest BCUT2D eigenvalue weighted by Crippen LogP contribution is 2.34. The number of amides is 1. The minimum Gasteiger partial charge on any atom is -0.394 e. The number of hydrogen-bond acceptors (Lipinski definition) is 2. The quantitative estimate of drug-likeness (QED) is 0.532. The molecule has 1 fully saturated rings. The molecule has 2 N–H and O–H groups in total. The maximum absolute atomic E-state index is 11.6. The van der Waals surface area contributed by atoms with E-state index in [4.69, 9.17) is 5.11 Å². The zero-order valence-corrected chi connectivity index (χ0v) is 12.5. The Morgan fingerprint density at radius 1 is 1.00 bits per heavy atom. The monoisotopic (exact) mass is 269 g/mol. The fourth-order valence-electron chi connectivity index (χ4n) is 2.43. The van der Waals surface area contributed by atoms with Gasteiger partial charge in [0.25, 0.3) is 0 Å². The second kappa shape index (κ2) is 9.35. The maximum Gasteiger partial charge on any atom is 0.220 e. The normalized spacial score (nSPS) is 16.3. The molecule has 0 radical (unpaired) electrons. The first-order valence-corrected chi connectivity index (χ1v) is 8.14. The standard InChI is InChI=1S/C16H31NO2/c1-2-3-4-5-6-7-8-9-10-11-15(19)17-16(14-18)12-13-16/h18H,2-14H2,1H3,(H,17,19). The average Bonchev–Trinajstić information content (AvgIpc) is 3.17. The number of hydrogen-bond donors (Lipinski definition) is 2. The Balaban J connectivity index is 1.84. The molecule has 0 atom stereocenters. The number of carbonyl (C=O) groups excluding carboxylic acids is 1. The van der Waals surface area contributed by atoms with Gasteiger partial charge in [-0.1, -0.05) is 58.3 Å². The van der Waals surface area contributed by atoms with Crippen molar-refractivity contribution in [3.8, 4) is 0 Å². The lowest BCUT2D eigenvalue weighted by Crippen LogP contribution is -2.39. The first kappa shape index (κ1) is 16.5. The highest BCUT2D eigenvalue weighted by Gasteiger charge is 2.43. The van der Waals surface area contributed by atoms with Gasteiger partial charge < -0.3 is 10.4 Å². The Bertz CT molecular complexity index is 249. The molecule has 0 aromatic carbocycles. The fraction of sp³-hybridized carbons (Fsp3) is 0.938. The van der Waals surface area contributed by atoms with Crippen LogP contribution in [0.3, 0.4) is 0 Å². The van der Waals surface area contributed by atoms with E-state index in [1.165, 1.54) is 44.9 Å². The first-order chi connectivity index (χ1) is 9.22. The minimum atomic E-state index is -0.240. The molecule has 1 rings (SSSR count). The summed E-state index contributed by atoms with van der Waals surface area (Å²) in [5, 5.41) is 12.1. The molecule has 0 unspecified atom stereocenters. The van der Waals surface area contributed by atoms with Crippen LogP contribution in [0.2, 0.25) is 0 Å². The largest absolute Gasteiger partial charge is 0.394 e. The van der Waals surface area contributed by atoms with Gasteiger partial charge in [-0.25, -0.2) is 0 Å². The van der Waals surface area contributed by atoms with Crippen LogP contribution >= 0.6 is 0 Å². The molecular weight excluding hydrogens is 238 g/mol. The smallest absolute Gasteiger partial charge is 0.220 e. The minimum absolute atomic E-state index is 0.0938. The predicted molar refractivity (Wildman–Crippen MR) is 79.0 cm³/mol. The molecule has 1 aliphatic rings. The maximum atomic E-state index is 11.6. The third-order valence-electron chi connectivity index (χ3n) is 4.07. The van der Waals surface area contributed by atoms with Crippen molar-refractivity contribution in [2.45, 2.75) is 89.5 Å². The molecule has 1 aliphatic carbocycles. The van der Waals surface area contributed by atoms with Gasteiger partial charge in [0.05, 0.1) is 12.1 Å². The van der Waals surface area contributed by atoms with Gasteiger partial charge in [0.2, 0.25) is 5.91 Å². The Hall–Kier alpha value is -0.570. The summed E-state index contributed by atoms with van der Waals surface area (Å²) in [4.78, 5) is 11.6. The zero-order valence-electron chi connectivity index (χ0n) is 12.5. The molecule has 0 aromatic heterocycles. The molecule has 19 heavy (non-hydrogen) atoms. The van der Waals surface area contributed by atoms with E-state index in [9.17, 15) is 4.79 Å². The molecule has 0 aromatic rings. The van der Waals surface area contributed by atoms with Crippen LogP contribution in [0, 0.1) is 0 Å². The molecular formula is C16H31NO2. The summed E-state index contributed by atoms with van der Waals surface area (Å²) in [6.07, 6.45) is 14.0. The third kappa shape index (κ3) is 7.56. The number of rotatable bonds is 12. The van der Waals surface area contributed by atoms with Crippen LogP contribution < -0.4 is 5.32 Å². The van der Waals surface area contributed by atoms with Gasteiger partial charge >= 0.3 is 0 Å². The molecule has 1 saturated carbocycles. The third-order valence-corrected chi connectivity index (χ3v) is 4.07. The summed E-state index contributed by atoms with van der Waals surface area (Å²) < 4.78 is 0.